The molecule has 0 radical (unpaired) electrons. The summed E-state index contributed by atoms with van der Waals surface area (Å²) in [6.45, 7) is 2.40. The molecule has 136 valence electrons. The Morgan fingerprint density at radius 3 is 2.78 bits per heavy atom. The number of aromatic nitrogens is 2. The smallest absolute Gasteiger partial charge is 0.336 e. The highest BCUT2D eigenvalue weighted by Gasteiger charge is 2.23. The normalized spacial score (nSPS) is 12.9. The van der Waals surface area contributed by atoms with Gasteiger partial charge in [-0.25, -0.2) is 9.59 Å². The van der Waals surface area contributed by atoms with Crippen molar-refractivity contribution in [1.29, 1.82) is 5.26 Å². The predicted octanol–water partition coefficient (Wildman–Crippen LogP) is 1.54. The van der Waals surface area contributed by atoms with E-state index in [-0.39, 0.29) is 12.1 Å². The van der Waals surface area contributed by atoms with Crippen molar-refractivity contribution in [1.82, 2.24) is 9.13 Å². The molecule has 4 rings (SSSR count). The zero-order valence-corrected chi connectivity index (χ0v) is 14.8. The van der Waals surface area contributed by atoms with Gasteiger partial charge in [0.2, 0.25) is 0 Å². The van der Waals surface area contributed by atoms with Crippen molar-refractivity contribution in [3.63, 3.8) is 0 Å². The number of benzene rings is 1. The van der Waals surface area contributed by atoms with Crippen LogP contribution in [0.1, 0.15) is 35.7 Å². The molecule has 27 heavy (non-hydrogen) atoms. The fourth-order valence-corrected chi connectivity index (χ4v) is 3.68. The first-order valence-electron chi connectivity index (χ1n) is 8.85. The molecule has 0 unspecified atom stereocenters. The van der Waals surface area contributed by atoms with Gasteiger partial charge < -0.3 is 4.42 Å². The molecule has 1 aromatic carbocycles. The van der Waals surface area contributed by atoms with Gasteiger partial charge >= 0.3 is 11.3 Å². The van der Waals surface area contributed by atoms with Gasteiger partial charge in [-0.3, -0.25) is 13.9 Å². The minimum atomic E-state index is -0.609. The zero-order chi connectivity index (χ0) is 19.1. The van der Waals surface area contributed by atoms with Crippen molar-refractivity contribution >= 4 is 11.0 Å². The van der Waals surface area contributed by atoms with Gasteiger partial charge in [-0.2, -0.15) is 5.26 Å². The van der Waals surface area contributed by atoms with Gasteiger partial charge in [0.15, 0.2) is 0 Å². The Hall–Kier alpha value is -3.40. The van der Waals surface area contributed by atoms with E-state index in [4.69, 9.17) is 4.42 Å². The Morgan fingerprint density at radius 1 is 1.22 bits per heavy atom. The zero-order valence-electron chi connectivity index (χ0n) is 14.8. The van der Waals surface area contributed by atoms with Gasteiger partial charge in [-0.1, -0.05) is 19.1 Å². The maximum Gasteiger partial charge on any atom is 0.336 e. The number of nitriles is 1. The Balaban J connectivity index is 1.94. The third kappa shape index (κ3) is 2.70. The van der Waals surface area contributed by atoms with Crippen molar-refractivity contribution in [3.05, 3.63) is 77.9 Å². The summed E-state index contributed by atoms with van der Waals surface area (Å²) in [6, 6.07) is 8.77. The first kappa shape index (κ1) is 17.0. The lowest BCUT2D eigenvalue weighted by molar-refractivity contribution is 0.553. The van der Waals surface area contributed by atoms with Crippen LogP contribution in [0.5, 0.6) is 0 Å². The molecule has 0 atom stereocenters. The molecule has 1 aliphatic heterocycles. The molecule has 1 aliphatic rings. The molecule has 2 aromatic heterocycles. The van der Waals surface area contributed by atoms with Crippen LogP contribution in [-0.2, 0) is 25.9 Å². The first-order valence-corrected chi connectivity index (χ1v) is 8.85. The molecule has 0 saturated heterocycles. The van der Waals surface area contributed by atoms with Gasteiger partial charge in [0.1, 0.15) is 17.2 Å². The molecule has 0 aliphatic carbocycles. The number of rotatable bonds is 3. The van der Waals surface area contributed by atoms with Crippen LogP contribution < -0.4 is 16.9 Å². The summed E-state index contributed by atoms with van der Waals surface area (Å²) in [5, 5.41) is 10.1. The Morgan fingerprint density at radius 2 is 2.04 bits per heavy atom. The number of aryl methyl sites for hydroxylation is 1. The largest absolute Gasteiger partial charge is 0.423 e. The van der Waals surface area contributed by atoms with E-state index >= 15 is 0 Å². The second-order valence-corrected chi connectivity index (χ2v) is 6.64. The van der Waals surface area contributed by atoms with Crippen LogP contribution in [0.15, 0.2) is 43.1 Å². The molecular formula is C20H17N3O4. The molecular weight excluding hydrogens is 346 g/mol. The topological polar surface area (TPSA) is 98.0 Å². The number of nitrogens with zero attached hydrogens (tertiary/aromatic N) is 3. The van der Waals surface area contributed by atoms with Crippen LogP contribution in [0.3, 0.4) is 0 Å². The summed E-state index contributed by atoms with van der Waals surface area (Å²) in [7, 11) is 0. The van der Waals surface area contributed by atoms with E-state index in [0.717, 1.165) is 23.0 Å². The molecule has 7 heteroatoms. The van der Waals surface area contributed by atoms with Gasteiger partial charge in [-0.05, 0) is 36.5 Å². The summed E-state index contributed by atoms with van der Waals surface area (Å²) in [6.07, 6.45) is 2.07. The molecule has 0 N–H and O–H groups in total. The summed E-state index contributed by atoms with van der Waals surface area (Å²) in [4.78, 5) is 37.5. The maximum atomic E-state index is 12.8. The van der Waals surface area contributed by atoms with Crippen LogP contribution in [-0.4, -0.2) is 9.13 Å². The second-order valence-electron chi connectivity index (χ2n) is 6.64. The van der Waals surface area contributed by atoms with Crippen LogP contribution in [0.25, 0.3) is 11.0 Å². The molecule has 0 amide bonds. The monoisotopic (exact) mass is 363 g/mol. The van der Waals surface area contributed by atoms with Crippen LogP contribution in [0.4, 0.5) is 0 Å². The second kappa shape index (κ2) is 6.40. The van der Waals surface area contributed by atoms with E-state index in [9.17, 15) is 19.6 Å². The third-order valence-corrected chi connectivity index (χ3v) is 5.07. The van der Waals surface area contributed by atoms with Crippen molar-refractivity contribution in [2.45, 2.75) is 39.3 Å². The van der Waals surface area contributed by atoms with Crippen molar-refractivity contribution < 1.29 is 4.42 Å². The number of hydrogen-bond donors (Lipinski definition) is 0. The van der Waals surface area contributed by atoms with E-state index in [2.05, 4.69) is 0 Å². The SMILES string of the molecule is CCc1ccc2c(Cn3c(=O)c(C#N)c4n(c3=O)CCC4)cc(=O)oc2c1. The first-order chi connectivity index (χ1) is 13.0. The van der Waals surface area contributed by atoms with Gasteiger partial charge in [0, 0.05) is 23.7 Å². The standard InChI is InChI=1S/C20H17N3O4/c1-2-12-5-6-14-13(9-18(24)27-17(14)8-12)11-23-19(25)15(10-21)16-4-3-7-22(16)20(23)26/h5-6,8-9H,2-4,7,11H2,1H3. The highest BCUT2D eigenvalue weighted by atomic mass is 16.4. The lowest BCUT2D eigenvalue weighted by Gasteiger charge is -2.12. The number of hydrogen-bond acceptors (Lipinski definition) is 5. The van der Waals surface area contributed by atoms with E-state index in [1.54, 1.807) is 6.07 Å². The fraction of sp³-hybridized carbons (Fsp3) is 0.300. The average molecular weight is 363 g/mol. The average Bonchev–Trinajstić information content (AvgIpc) is 3.14. The van der Waals surface area contributed by atoms with E-state index < -0.39 is 16.9 Å². The third-order valence-electron chi connectivity index (χ3n) is 5.07. The van der Waals surface area contributed by atoms with Gasteiger partial charge in [0.25, 0.3) is 5.56 Å². The summed E-state index contributed by atoms with van der Waals surface area (Å²) >= 11 is 0. The quantitative estimate of drug-likeness (QED) is 0.658. The minimum Gasteiger partial charge on any atom is -0.423 e. The Kier molecular flexibility index (Phi) is 4.04. The Bertz CT molecular complexity index is 1290. The highest BCUT2D eigenvalue weighted by molar-refractivity contribution is 5.80. The van der Waals surface area contributed by atoms with E-state index in [1.165, 1.54) is 10.6 Å². The van der Waals surface area contributed by atoms with Crippen molar-refractivity contribution in [2.24, 2.45) is 0 Å². The fourth-order valence-electron chi connectivity index (χ4n) is 3.68. The van der Waals surface area contributed by atoms with Gasteiger partial charge in [-0.15, -0.1) is 0 Å². The van der Waals surface area contributed by atoms with Crippen molar-refractivity contribution in [3.8, 4) is 6.07 Å². The molecule has 0 fully saturated rings. The molecule has 0 saturated carbocycles. The molecule has 0 bridgehead atoms. The summed E-state index contributed by atoms with van der Waals surface area (Å²) < 4.78 is 7.81. The van der Waals surface area contributed by atoms with E-state index in [1.807, 2.05) is 25.1 Å². The minimum absolute atomic E-state index is 0.00707. The van der Waals surface area contributed by atoms with Crippen LogP contribution >= 0.6 is 0 Å². The lowest BCUT2D eigenvalue weighted by Crippen LogP contribution is -2.42. The molecule has 3 aromatic rings. The van der Waals surface area contributed by atoms with Crippen LogP contribution in [0, 0.1) is 11.3 Å². The highest BCUT2D eigenvalue weighted by Crippen LogP contribution is 2.20. The van der Waals surface area contributed by atoms with Crippen molar-refractivity contribution in [2.75, 3.05) is 0 Å². The predicted molar refractivity (Wildman–Crippen MR) is 99.0 cm³/mol. The lowest BCUT2D eigenvalue weighted by atomic mass is 10.1. The summed E-state index contributed by atoms with van der Waals surface area (Å²) in [5.74, 6) is 0. The Labute approximate surface area is 153 Å². The maximum absolute atomic E-state index is 12.8. The van der Waals surface area contributed by atoms with Crippen LogP contribution in [0.2, 0.25) is 0 Å². The molecule has 7 nitrogen and oxygen atoms in total. The van der Waals surface area contributed by atoms with E-state index in [0.29, 0.717) is 35.2 Å². The number of fused-ring (bicyclic) bond motifs is 2. The van der Waals surface area contributed by atoms with Gasteiger partial charge in [0.05, 0.1) is 6.54 Å². The summed E-state index contributed by atoms with van der Waals surface area (Å²) in [5.41, 5.74) is 0.879. The molecule has 0 spiro atoms. The molecule has 3 heterocycles.